The Kier molecular flexibility index (Phi) is 21.2. The Hall–Kier alpha value is -6.18. The first-order valence-corrected chi connectivity index (χ1v) is 22.9. The maximum atomic E-state index is 13.5. The van der Waals surface area contributed by atoms with Crippen LogP contribution in [0.1, 0.15) is 74.6 Å². The molecule has 7 amide bonds. The van der Waals surface area contributed by atoms with E-state index in [1.807, 2.05) is 30.3 Å². The van der Waals surface area contributed by atoms with Gasteiger partial charge in [-0.05, 0) is 71.2 Å². The molecule has 0 aromatic heterocycles. The van der Waals surface area contributed by atoms with Gasteiger partial charge in [-0.2, -0.15) is 0 Å². The average molecular weight is 928 g/mol. The summed E-state index contributed by atoms with van der Waals surface area (Å²) in [6.07, 6.45) is 1.61. The number of carbonyl (C=O) groups is 6. The molecule has 8 N–H and O–H groups in total. The highest BCUT2D eigenvalue weighted by Crippen LogP contribution is 2.52. The van der Waals surface area contributed by atoms with Crippen molar-refractivity contribution in [1.29, 1.82) is 0 Å². The van der Waals surface area contributed by atoms with Crippen molar-refractivity contribution in [1.82, 2.24) is 21.3 Å². The van der Waals surface area contributed by atoms with Gasteiger partial charge < -0.3 is 61.3 Å². The Labute approximate surface area is 391 Å². The number of nitrogens with zero attached hydrogens (tertiary/aromatic N) is 1. The highest BCUT2D eigenvalue weighted by Gasteiger charge is 2.33. The van der Waals surface area contributed by atoms with Gasteiger partial charge >= 0.3 is 6.03 Å². The van der Waals surface area contributed by atoms with Crippen molar-refractivity contribution >= 4 is 58.1 Å². The Bertz CT molecular complexity index is 2160. The molecule has 0 saturated carbocycles. The SMILES string of the molecule is CC(C)[C@H](NC(=O)CCOCCOCCOCCOCCNC(=O)CCC(=O)N1Cc2ccccc2C2=C(C2)c2ccccc21)C(=O)N[C@@H](CCCNC(N)=O)C(=O)Nc1ccc(CO)cc1. The van der Waals surface area contributed by atoms with Crippen LogP contribution in [0.25, 0.3) is 11.1 Å². The van der Waals surface area contributed by atoms with Crippen LogP contribution >= 0.6 is 0 Å². The number of urea groups is 1. The molecule has 2 atom stereocenters. The molecular weight excluding hydrogens is 863 g/mol. The van der Waals surface area contributed by atoms with Gasteiger partial charge in [-0.15, -0.1) is 0 Å². The van der Waals surface area contributed by atoms with Gasteiger partial charge in [0, 0.05) is 43.6 Å². The molecule has 3 aromatic carbocycles. The first-order chi connectivity index (χ1) is 32.4. The summed E-state index contributed by atoms with van der Waals surface area (Å²) in [6, 6.07) is 20.1. The van der Waals surface area contributed by atoms with Crippen molar-refractivity contribution < 1.29 is 52.8 Å². The third kappa shape index (κ3) is 17.2. The number of nitrogens with one attached hydrogen (secondary N) is 5. The number of para-hydroxylation sites is 1. The summed E-state index contributed by atoms with van der Waals surface area (Å²) in [5.41, 5.74) is 13.2. The zero-order valence-electron chi connectivity index (χ0n) is 38.4. The van der Waals surface area contributed by atoms with E-state index in [0.717, 1.165) is 23.2 Å². The lowest BCUT2D eigenvalue weighted by Gasteiger charge is -2.27. The Morgan fingerprint density at radius 1 is 0.672 bits per heavy atom. The summed E-state index contributed by atoms with van der Waals surface area (Å²) in [5, 5.41) is 22.8. The number of fused-ring (bicyclic) bond motifs is 4. The zero-order chi connectivity index (χ0) is 48.0. The van der Waals surface area contributed by atoms with Crippen molar-refractivity contribution in [3.8, 4) is 0 Å². The molecule has 0 bridgehead atoms. The van der Waals surface area contributed by atoms with Crippen LogP contribution in [0.5, 0.6) is 0 Å². The minimum absolute atomic E-state index is 0.00108. The quantitative estimate of drug-likeness (QED) is 0.0497. The maximum absolute atomic E-state index is 13.5. The monoisotopic (exact) mass is 927 g/mol. The van der Waals surface area contributed by atoms with Crippen molar-refractivity contribution in [3.63, 3.8) is 0 Å². The summed E-state index contributed by atoms with van der Waals surface area (Å²) in [5.74, 6) is -2.04. The highest BCUT2D eigenvalue weighted by atomic mass is 16.6. The minimum Gasteiger partial charge on any atom is -0.392 e. The molecule has 1 aliphatic heterocycles. The molecule has 0 fully saturated rings. The molecule has 18 nitrogen and oxygen atoms in total. The topological polar surface area (TPSA) is 249 Å². The molecule has 1 aliphatic carbocycles. The number of primary amides is 1. The minimum atomic E-state index is -0.980. The second kappa shape index (κ2) is 27.5. The van der Waals surface area contributed by atoms with Crippen molar-refractivity contribution in [3.05, 3.63) is 95.1 Å². The van der Waals surface area contributed by atoms with Gasteiger partial charge in [0.2, 0.25) is 29.5 Å². The first kappa shape index (κ1) is 51.8. The molecule has 1 heterocycles. The van der Waals surface area contributed by atoms with Gasteiger partial charge in [0.1, 0.15) is 12.1 Å². The summed E-state index contributed by atoms with van der Waals surface area (Å²) in [4.78, 5) is 78.3. The van der Waals surface area contributed by atoms with Crippen LogP contribution in [0.15, 0.2) is 72.8 Å². The van der Waals surface area contributed by atoms with Crippen LogP contribution in [0.2, 0.25) is 0 Å². The number of anilines is 2. The molecule has 67 heavy (non-hydrogen) atoms. The normalized spacial score (nSPS) is 13.5. The number of rotatable bonds is 29. The molecule has 0 unspecified atom stereocenters. The second-order valence-corrected chi connectivity index (χ2v) is 16.5. The highest BCUT2D eigenvalue weighted by molar-refractivity contribution is 6.13. The molecule has 5 rings (SSSR count). The largest absolute Gasteiger partial charge is 0.392 e. The lowest BCUT2D eigenvalue weighted by molar-refractivity contribution is -0.132. The van der Waals surface area contributed by atoms with E-state index in [9.17, 15) is 33.9 Å². The molecule has 18 heteroatoms. The number of hydrogen-bond acceptors (Lipinski definition) is 11. The molecule has 3 aromatic rings. The maximum Gasteiger partial charge on any atom is 0.312 e. The number of ether oxygens (including phenoxy) is 4. The van der Waals surface area contributed by atoms with Gasteiger partial charge in [-0.25, -0.2) is 4.79 Å². The van der Waals surface area contributed by atoms with E-state index in [2.05, 4.69) is 44.8 Å². The van der Waals surface area contributed by atoms with E-state index in [1.165, 1.54) is 16.7 Å². The molecule has 0 saturated heterocycles. The van der Waals surface area contributed by atoms with E-state index in [1.54, 1.807) is 43.0 Å². The van der Waals surface area contributed by atoms with Gasteiger partial charge in [0.15, 0.2) is 0 Å². The van der Waals surface area contributed by atoms with E-state index < -0.39 is 35.8 Å². The molecular formula is C49H65N7O11. The first-order valence-electron chi connectivity index (χ1n) is 22.9. The van der Waals surface area contributed by atoms with Crippen molar-refractivity contribution in [2.45, 2.75) is 77.6 Å². The smallest absolute Gasteiger partial charge is 0.312 e. The Morgan fingerprint density at radius 2 is 1.30 bits per heavy atom. The average Bonchev–Trinajstić information content (AvgIpc) is 4.11. The van der Waals surface area contributed by atoms with Crippen LogP contribution in [0.4, 0.5) is 16.2 Å². The molecule has 362 valence electrons. The summed E-state index contributed by atoms with van der Waals surface area (Å²) < 4.78 is 22.2. The predicted octanol–water partition coefficient (Wildman–Crippen LogP) is 3.41. The zero-order valence-corrected chi connectivity index (χ0v) is 38.4. The predicted molar refractivity (Wildman–Crippen MR) is 252 cm³/mol. The number of amides is 7. The number of hydrogen-bond donors (Lipinski definition) is 7. The number of allylic oxidation sites excluding steroid dienone is 2. The number of carbonyl (C=O) groups excluding carboxylic acids is 6. The lowest BCUT2D eigenvalue weighted by atomic mass is 10.0. The number of aliphatic hydroxyl groups excluding tert-OH is 1. The van der Waals surface area contributed by atoms with Crippen LogP contribution in [-0.4, -0.2) is 119 Å². The molecule has 0 radical (unpaired) electrons. The van der Waals surface area contributed by atoms with Crippen LogP contribution < -0.4 is 37.2 Å². The second-order valence-electron chi connectivity index (χ2n) is 16.5. The fraction of sp³-hybridized carbons (Fsp3) is 0.469. The van der Waals surface area contributed by atoms with E-state index in [4.69, 9.17) is 24.7 Å². The third-order valence-corrected chi connectivity index (χ3v) is 11.1. The van der Waals surface area contributed by atoms with E-state index >= 15 is 0 Å². The van der Waals surface area contributed by atoms with E-state index in [0.29, 0.717) is 63.8 Å². The number of nitrogens with two attached hydrogens (primary N) is 1. The standard InChI is InChI=1S/C49H65N7O11/c1-33(2)46(48(62)54-41(11-7-20-52-49(50)63)47(61)53-36-15-13-34(32-57)14-16-36)55-44(59)19-22-64-24-26-66-28-29-67-27-25-65-23-21-51-43(58)17-18-45(60)56-31-35-8-3-4-9-37(35)39-30-40(39)38-10-5-6-12-42(38)56/h3-6,8-10,12-16,33,41,46,57H,7,11,17-32H2,1-2H3,(H,51,58)(H,53,61)(H,54,62)(H,55,59)(H3,50,52,63)/t41-,46-/m0/s1. The van der Waals surface area contributed by atoms with Crippen molar-refractivity contribution in [2.75, 3.05) is 76.2 Å². The Morgan fingerprint density at radius 3 is 1.97 bits per heavy atom. The third-order valence-electron chi connectivity index (χ3n) is 11.1. The Balaban J connectivity index is 0.872. The molecule has 2 aliphatic rings. The number of aliphatic hydroxyl groups is 1. The van der Waals surface area contributed by atoms with Crippen LogP contribution in [-0.2, 0) is 56.1 Å². The van der Waals surface area contributed by atoms with Crippen LogP contribution in [0, 0.1) is 5.92 Å². The summed E-state index contributed by atoms with van der Waals surface area (Å²) in [6.45, 7) is 6.64. The van der Waals surface area contributed by atoms with Gasteiger partial charge in [-0.1, -0.05) is 68.4 Å². The summed E-state index contributed by atoms with van der Waals surface area (Å²) >= 11 is 0. The number of benzene rings is 3. The van der Waals surface area contributed by atoms with Gasteiger partial charge in [0.25, 0.3) is 0 Å². The lowest BCUT2D eigenvalue weighted by Crippen LogP contribution is -2.54. The van der Waals surface area contributed by atoms with Crippen LogP contribution in [0.3, 0.4) is 0 Å². The van der Waals surface area contributed by atoms with Crippen molar-refractivity contribution in [2.24, 2.45) is 11.7 Å². The van der Waals surface area contributed by atoms with E-state index in [-0.39, 0.29) is 76.4 Å². The molecule has 0 spiro atoms. The summed E-state index contributed by atoms with van der Waals surface area (Å²) in [7, 11) is 0. The fourth-order valence-corrected chi connectivity index (χ4v) is 7.43. The fourth-order valence-electron chi connectivity index (χ4n) is 7.43. The van der Waals surface area contributed by atoms with Gasteiger partial charge in [-0.3, -0.25) is 24.0 Å². The van der Waals surface area contributed by atoms with Gasteiger partial charge in [0.05, 0.1) is 71.7 Å².